The summed E-state index contributed by atoms with van der Waals surface area (Å²) in [5.74, 6) is -0.0975. The fourth-order valence-electron chi connectivity index (χ4n) is 1.24. The fourth-order valence-corrected chi connectivity index (χ4v) is 1.38. The number of nitrogens with one attached hydrogen (secondary N) is 2. The molecule has 0 aromatic heterocycles. The van der Waals surface area contributed by atoms with Crippen LogP contribution in [0.1, 0.15) is 16.8 Å². The Kier molecular flexibility index (Phi) is 5.29. The lowest BCUT2D eigenvalue weighted by atomic mass is 10.1. The predicted octanol–water partition coefficient (Wildman–Crippen LogP) is 1.54. The van der Waals surface area contributed by atoms with Gasteiger partial charge in [0.2, 0.25) is 0 Å². The van der Waals surface area contributed by atoms with E-state index in [1.54, 1.807) is 24.3 Å². The van der Waals surface area contributed by atoms with Crippen molar-refractivity contribution < 1.29 is 9.59 Å². The van der Waals surface area contributed by atoms with E-state index in [-0.39, 0.29) is 11.6 Å². The molecule has 0 aliphatic rings. The molecule has 0 saturated carbocycles. The number of anilines is 1. The molecule has 3 amide bonds. The van der Waals surface area contributed by atoms with E-state index >= 15 is 0 Å². The van der Waals surface area contributed by atoms with Crippen molar-refractivity contribution in [2.45, 2.75) is 6.42 Å². The minimum atomic E-state index is -0.582. The van der Waals surface area contributed by atoms with Gasteiger partial charge in [-0.2, -0.15) is 0 Å². The molecule has 0 unspecified atom stereocenters. The Labute approximate surface area is 104 Å². The number of carbonyl (C=O) groups is 2. The summed E-state index contributed by atoms with van der Waals surface area (Å²) in [4.78, 5) is 22.5. The first kappa shape index (κ1) is 13.3. The SMILES string of the molecule is NC(=O)c1ccccc1NC(=O)NCCCCl. The maximum absolute atomic E-state index is 11.4. The Morgan fingerprint density at radius 1 is 1.29 bits per heavy atom. The second-order valence-electron chi connectivity index (χ2n) is 3.33. The van der Waals surface area contributed by atoms with E-state index in [9.17, 15) is 9.59 Å². The lowest BCUT2D eigenvalue weighted by Crippen LogP contribution is -2.30. The number of benzene rings is 1. The van der Waals surface area contributed by atoms with E-state index in [4.69, 9.17) is 17.3 Å². The van der Waals surface area contributed by atoms with Gasteiger partial charge in [0.1, 0.15) is 0 Å². The Bertz CT molecular complexity index is 409. The topological polar surface area (TPSA) is 84.2 Å². The van der Waals surface area contributed by atoms with Gasteiger partial charge in [0.05, 0.1) is 11.3 Å². The van der Waals surface area contributed by atoms with E-state index in [0.29, 0.717) is 24.5 Å². The van der Waals surface area contributed by atoms with Crippen LogP contribution in [-0.2, 0) is 0 Å². The maximum atomic E-state index is 11.4. The number of carbonyl (C=O) groups excluding carboxylic acids is 2. The number of hydrogen-bond donors (Lipinski definition) is 3. The van der Waals surface area contributed by atoms with Crippen LogP contribution < -0.4 is 16.4 Å². The van der Waals surface area contributed by atoms with E-state index in [2.05, 4.69) is 10.6 Å². The Morgan fingerprint density at radius 3 is 2.65 bits per heavy atom. The third-order valence-electron chi connectivity index (χ3n) is 2.04. The standard InChI is InChI=1S/C11H14ClN3O2/c12-6-3-7-14-11(17)15-9-5-2-1-4-8(9)10(13)16/h1-2,4-5H,3,6-7H2,(H2,13,16)(H2,14,15,17). The minimum Gasteiger partial charge on any atom is -0.366 e. The van der Waals surface area contributed by atoms with E-state index in [1.165, 1.54) is 0 Å². The highest BCUT2D eigenvalue weighted by Crippen LogP contribution is 2.13. The minimum absolute atomic E-state index is 0.278. The van der Waals surface area contributed by atoms with Crippen LogP contribution in [0.15, 0.2) is 24.3 Å². The summed E-state index contributed by atoms with van der Waals surface area (Å²) in [6.45, 7) is 0.480. The highest BCUT2D eigenvalue weighted by Gasteiger charge is 2.09. The summed E-state index contributed by atoms with van der Waals surface area (Å²) in [7, 11) is 0. The van der Waals surface area contributed by atoms with Crippen molar-refractivity contribution in [1.29, 1.82) is 0 Å². The second kappa shape index (κ2) is 6.75. The average Bonchev–Trinajstić information content (AvgIpc) is 2.29. The molecule has 0 heterocycles. The molecule has 0 aliphatic heterocycles. The van der Waals surface area contributed by atoms with Crippen LogP contribution in [0, 0.1) is 0 Å². The van der Waals surface area contributed by atoms with E-state index in [1.807, 2.05) is 0 Å². The molecule has 1 aromatic carbocycles. The number of primary amides is 1. The van der Waals surface area contributed by atoms with Crippen LogP contribution in [-0.4, -0.2) is 24.4 Å². The number of amides is 3. The summed E-state index contributed by atoms with van der Waals surface area (Å²) < 4.78 is 0. The second-order valence-corrected chi connectivity index (χ2v) is 3.71. The van der Waals surface area contributed by atoms with Gasteiger partial charge in [-0.1, -0.05) is 12.1 Å². The van der Waals surface area contributed by atoms with Crippen molar-refractivity contribution in [3.8, 4) is 0 Å². The van der Waals surface area contributed by atoms with Crippen molar-refractivity contribution in [2.24, 2.45) is 5.73 Å². The summed E-state index contributed by atoms with van der Waals surface area (Å²) in [6, 6.07) is 6.17. The molecule has 0 radical (unpaired) electrons. The first-order chi connectivity index (χ1) is 8.15. The number of nitrogens with two attached hydrogens (primary N) is 1. The third-order valence-corrected chi connectivity index (χ3v) is 2.30. The van der Waals surface area contributed by atoms with Gasteiger partial charge in [-0.15, -0.1) is 11.6 Å². The van der Waals surface area contributed by atoms with Crippen LogP contribution in [0.2, 0.25) is 0 Å². The van der Waals surface area contributed by atoms with Gasteiger partial charge in [-0.3, -0.25) is 4.79 Å². The van der Waals surface area contributed by atoms with Crippen LogP contribution in [0.4, 0.5) is 10.5 Å². The molecular formula is C11H14ClN3O2. The monoisotopic (exact) mass is 255 g/mol. The fraction of sp³-hybridized carbons (Fsp3) is 0.273. The molecule has 0 atom stereocenters. The van der Waals surface area contributed by atoms with Gasteiger partial charge < -0.3 is 16.4 Å². The maximum Gasteiger partial charge on any atom is 0.319 e. The van der Waals surface area contributed by atoms with Gasteiger partial charge in [0, 0.05) is 12.4 Å². The van der Waals surface area contributed by atoms with Crippen molar-refractivity contribution in [3.63, 3.8) is 0 Å². The Morgan fingerprint density at radius 2 is 2.00 bits per heavy atom. The zero-order chi connectivity index (χ0) is 12.7. The number of rotatable bonds is 5. The summed E-state index contributed by atoms with van der Waals surface area (Å²) in [5.41, 5.74) is 5.85. The molecule has 92 valence electrons. The molecule has 1 rings (SSSR count). The highest BCUT2D eigenvalue weighted by molar-refractivity contribution is 6.17. The summed E-state index contributed by atoms with van der Waals surface area (Å²) in [6.07, 6.45) is 0.687. The molecular weight excluding hydrogens is 242 g/mol. The average molecular weight is 256 g/mol. The Hall–Kier alpha value is -1.75. The van der Waals surface area contributed by atoms with Crippen molar-refractivity contribution in [1.82, 2.24) is 5.32 Å². The van der Waals surface area contributed by atoms with Crippen molar-refractivity contribution >= 4 is 29.2 Å². The van der Waals surface area contributed by atoms with Gasteiger partial charge >= 0.3 is 6.03 Å². The van der Waals surface area contributed by atoms with Crippen LogP contribution in [0.5, 0.6) is 0 Å². The summed E-state index contributed by atoms with van der Waals surface area (Å²) >= 11 is 5.48. The summed E-state index contributed by atoms with van der Waals surface area (Å²) in [5, 5.41) is 5.17. The van der Waals surface area contributed by atoms with Crippen molar-refractivity contribution in [2.75, 3.05) is 17.7 Å². The quantitative estimate of drug-likeness (QED) is 0.551. The molecule has 0 aliphatic carbocycles. The zero-order valence-electron chi connectivity index (χ0n) is 9.20. The van der Waals surface area contributed by atoms with Gasteiger partial charge in [-0.25, -0.2) is 4.79 Å². The van der Waals surface area contributed by atoms with Gasteiger partial charge in [-0.05, 0) is 18.6 Å². The molecule has 0 saturated heterocycles. The highest BCUT2D eigenvalue weighted by atomic mass is 35.5. The van der Waals surface area contributed by atoms with Crippen molar-refractivity contribution in [3.05, 3.63) is 29.8 Å². The normalized spacial score (nSPS) is 9.71. The first-order valence-corrected chi connectivity index (χ1v) is 5.68. The molecule has 4 N–H and O–H groups in total. The smallest absolute Gasteiger partial charge is 0.319 e. The van der Waals surface area contributed by atoms with Crippen LogP contribution >= 0.6 is 11.6 Å². The lowest BCUT2D eigenvalue weighted by Gasteiger charge is -2.09. The lowest BCUT2D eigenvalue weighted by molar-refractivity contribution is 0.100. The number of halogens is 1. The largest absolute Gasteiger partial charge is 0.366 e. The zero-order valence-corrected chi connectivity index (χ0v) is 9.96. The molecule has 5 nitrogen and oxygen atoms in total. The Balaban J connectivity index is 2.61. The molecule has 0 spiro atoms. The molecule has 6 heteroatoms. The number of urea groups is 1. The number of hydrogen-bond acceptors (Lipinski definition) is 2. The molecule has 0 bridgehead atoms. The van der Waals surface area contributed by atoms with E-state index < -0.39 is 5.91 Å². The first-order valence-electron chi connectivity index (χ1n) is 5.15. The van der Waals surface area contributed by atoms with E-state index in [0.717, 1.165) is 0 Å². The molecule has 1 aromatic rings. The molecule has 17 heavy (non-hydrogen) atoms. The van der Waals surface area contributed by atoms with Gasteiger partial charge in [0.25, 0.3) is 5.91 Å². The van der Waals surface area contributed by atoms with Gasteiger partial charge in [0.15, 0.2) is 0 Å². The molecule has 0 fully saturated rings. The van der Waals surface area contributed by atoms with Crippen LogP contribution in [0.25, 0.3) is 0 Å². The predicted molar refractivity (Wildman–Crippen MR) is 67.3 cm³/mol. The van der Waals surface area contributed by atoms with Crippen LogP contribution in [0.3, 0.4) is 0 Å². The number of para-hydroxylation sites is 1. The third kappa shape index (κ3) is 4.32. The number of alkyl halides is 1.